The summed E-state index contributed by atoms with van der Waals surface area (Å²) in [5, 5.41) is 13.7. The van der Waals surface area contributed by atoms with Gasteiger partial charge in [0, 0.05) is 17.4 Å². The van der Waals surface area contributed by atoms with Crippen LogP contribution >= 0.6 is 0 Å². The average Bonchev–Trinajstić information content (AvgIpc) is 2.88. The molecule has 8 heteroatoms. The van der Waals surface area contributed by atoms with Crippen LogP contribution in [0.5, 0.6) is 5.75 Å². The number of H-pyrrole nitrogens is 1. The van der Waals surface area contributed by atoms with Gasteiger partial charge in [0.25, 0.3) is 11.5 Å². The predicted octanol–water partition coefficient (Wildman–Crippen LogP) is 1.17. The second kappa shape index (κ2) is 6.43. The number of sulfone groups is 1. The Hall–Kier alpha value is -2.09. The van der Waals surface area contributed by atoms with Gasteiger partial charge in [-0.15, -0.1) is 0 Å². The molecule has 0 unspecified atom stereocenters. The van der Waals surface area contributed by atoms with E-state index in [1.54, 1.807) is 0 Å². The first-order chi connectivity index (χ1) is 11.4. The molecule has 7 nitrogen and oxygen atoms in total. The highest BCUT2D eigenvalue weighted by atomic mass is 32.2. The third-order valence-electron chi connectivity index (χ3n) is 4.55. The number of hydrogen-bond acceptors (Lipinski definition) is 5. The normalized spacial score (nSPS) is 23.2. The number of nitrogens with one attached hydrogen (secondary N) is 2. The van der Waals surface area contributed by atoms with E-state index in [2.05, 4.69) is 10.3 Å². The van der Waals surface area contributed by atoms with Crippen LogP contribution < -0.4 is 10.9 Å². The van der Waals surface area contributed by atoms with Gasteiger partial charge in [-0.1, -0.05) is 19.3 Å². The maximum Gasteiger partial charge on any atom is 0.261 e. The second-order valence-electron chi connectivity index (χ2n) is 6.38. The molecule has 0 saturated heterocycles. The number of amides is 1. The Morgan fingerprint density at radius 1 is 1.25 bits per heavy atom. The zero-order chi connectivity index (χ0) is 17.3. The molecule has 3 rings (SSSR count). The van der Waals surface area contributed by atoms with Gasteiger partial charge in [-0.25, -0.2) is 8.42 Å². The lowest BCUT2D eigenvalue weighted by Gasteiger charge is -2.22. The van der Waals surface area contributed by atoms with Crippen molar-refractivity contribution in [2.75, 3.05) is 5.75 Å². The van der Waals surface area contributed by atoms with E-state index in [0.29, 0.717) is 5.69 Å². The van der Waals surface area contributed by atoms with Crippen molar-refractivity contribution in [2.45, 2.75) is 44.1 Å². The Morgan fingerprint density at radius 3 is 2.58 bits per heavy atom. The minimum absolute atomic E-state index is 0.0961. The number of pyridine rings is 1. The number of hydrogen-bond donors (Lipinski definition) is 3. The van der Waals surface area contributed by atoms with Crippen molar-refractivity contribution in [1.29, 1.82) is 0 Å². The molecule has 24 heavy (non-hydrogen) atoms. The molecule has 0 radical (unpaired) electrons. The number of carbonyl (C=O) groups is 1. The first-order valence-electron chi connectivity index (χ1n) is 8.04. The van der Waals surface area contributed by atoms with E-state index in [0.717, 1.165) is 37.5 Å². The van der Waals surface area contributed by atoms with Crippen molar-refractivity contribution >= 4 is 15.7 Å². The van der Waals surface area contributed by atoms with Crippen LogP contribution in [0.1, 0.15) is 54.1 Å². The maximum atomic E-state index is 12.2. The van der Waals surface area contributed by atoms with E-state index < -0.39 is 27.3 Å². The molecule has 3 N–H and O–H groups in total. The molecule has 1 aliphatic heterocycles. The van der Waals surface area contributed by atoms with E-state index >= 15 is 0 Å². The first kappa shape index (κ1) is 16.8. The van der Waals surface area contributed by atoms with Gasteiger partial charge in [0.2, 0.25) is 0 Å². The highest BCUT2D eigenvalue weighted by Crippen LogP contribution is 2.35. The van der Waals surface area contributed by atoms with Crippen molar-refractivity contribution in [3.8, 4) is 5.75 Å². The molecule has 2 heterocycles. The number of aromatic amines is 1. The van der Waals surface area contributed by atoms with Gasteiger partial charge in [-0.3, -0.25) is 9.59 Å². The van der Waals surface area contributed by atoms with E-state index in [1.807, 2.05) is 0 Å². The summed E-state index contributed by atoms with van der Waals surface area (Å²) in [6.45, 7) is 0. The van der Waals surface area contributed by atoms with Gasteiger partial charge >= 0.3 is 0 Å². The average molecular weight is 352 g/mol. The molecule has 1 atom stereocenters. The van der Waals surface area contributed by atoms with Crippen LogP contribution in [-0.4, -0.2) is 36.2 Å². The van der Waals surface area contributed by atoms with Crippen molar-refractivity contribution < 1.29 is 18.3 Å². The summed E-state index contributed by atoms with van der Waals surface area (Å²) in [5.74, 6) is -0.913. The summed E-state index contributed by atoms with van der Waals surface area (Å²) in [6, 6.07) is 0.507. The standard InChI is InChI=1S/C16H20N2O5S/c19-13-8-12(15(20)17-11-6-7-24(22,23)9-11)16(21)18-14(13)10-4-2-1-3-5-10/h6-8,10-11,19H,1-5,9H2,(H,17,20)(H,18,21)/t11-/m1/s1. The van der Waals surface area contributed by atoms with Gasteiger partial charge in [0.05, 0.1) is 17.5 Å². The molecule has 1 aromatic heterocycles. The number of rotatable bonds is 3. The van der Waals surface area contributed by atoms with Crippen LogP contribution in [0.25, 0.3) is 0 Å². The lowest BCUT2D eigenvalue weighted by molar-refractivity contribution is 0.0945. The van der Waals surface area contributed by atoms with Crippen LogP contribution in [0.4, 0.5) is 0 Å². The fourth-order valence-electron chi connectivity index (χ4n) is 3.32. The Morgan fingerprint density at radius 2 is 1.96 bits per heavy atom. The maximum absolute atomic E-state index is 12.2. The monoisotopic (exact) mass is 352 g/mol. The molecule has 1 fully saturated rings. The summed E-state index contributed by atoms with van der Waals surface area (Å²) < 4.78 is 22.7. The molecule has 0 spiro atoms. The van der Waals surface area contributed by atoms with Crippen molar-refractivity contribution in [3.63, 3.8) is 0 Å². The largest absolute Gasteiger partial charge is 0.506 e. The lowest BCUT2D eigenvalue weighted by Crippen LogP contribution is -2.38. The second-order valence-corrected chi connectivity index (χ2v) is 8.32. The van der Waals surface area contributed by atoms with Crippen LogP contribution in [0.15, 0.2) is 22.3 Å². The van der Waals surface area contributed by atoms with E-state index in [1.165, 1.54) is 12.1 Å². The summed E-state index contributed by atoms with van der Waals surface area (Å²) >= 11 is 0. The number of aromatic hydroxyl groups is 1. The van der Waals surface area contributed by atoms with Crippen molar-refractivity contribution in [1.82, 2.24) is 10.3 Å². The quantitative estimate of drug-likeness (QED) is 0.755. The highest BCUT2D eigenvalue weighted by molar-refractivity contribution is 7.94. The third kappa shape index (κ3) is 3.53. The van der Waals surface area contributed by atoms with E-state index in [4.69, 9.17) is 0 Å². The zero-order valence-corrected chi connectivity index (χ0v) is 13.9. The summed E-state index contributed by atoms with van der Waals surface area (Å²) in [7, 11) is -3.29. The molecule has 0 aromatic carbocycles. The van der Waals surface area contributed by atoms with Crippen LogP contribution in [0.2, 0.25) is 0 Å². The fourth-order valence-corrected chi connectivity index (χ4v) is 4.55. The predicted molar refractivity (Wildman–Crippen MR) is 88.7 cm³/mol. The molecule has 0 bridgehead atoms. The first-order valence-corrected chi connectivity index (χ1v) is 9.75. The van der Waals surface area contributed by atoms with Crippen LogP contribution in [-0.2, 0) is 9.84 Å². The Kier molecular flexibility index (Phi) is 4.49. The summed E-state index contributed by atoms with van der Waals surface area (Å²) in [5.41, 5.74) is -0.306. The molecule has 2 aliphatic rings. The minimum atomic E-state index is -3.29. The molecule has 130 valence electrons. The van der Waals surface area contributed by atoms with Crippen LogP contribution in [0.3, 0.4) is 0 Å². The van der Waals surface area contributed by atoms with Crippen molar-refractivity contribution in [3.05, 3.63) is 39.2 Å². The Labute approximate surface area is 139 Å². The summed E-state index contributed by atoms with van der Waals surface area (Å²) in [4.78, 5) is 27.0. The van der Waals surface area contributed by atoms with Gasteiger partial charge in [-0.2, -0.15) is 0 Å². The number of carbonyl (C=O) groups excluding carboxylic acids is 1. The minimum Gasteiger partial charge on any atom is -0.506 e. The molecule has 1 saturated carbocycles. The molecular formula is C16H20N2O5S. The van der Waals surface area contributed by atoms with Crippen LogP contribution in [0, 0.1) is 0 Å². The van der Waals surface area contributed by atoms with Crippen molar-refractivity contribution in [2.24, 2.45) is 0 Å². The Balaban J connectivity index is 1.79. The number of aromatic nitrogens is 1. The van der Waals surface area contributed by atoms with Gasteiger partial charge in [-0.05, 0) is 18.9 Å². The smallest absolute Gasteiger partial charge is 0.261 e. The SMILES string of the molecule is O=C(N[C@@H]1C=CS(=O)(=O)C1)c1cc(O)c(C2CCCCC2)[nH]c1=O. The summed E-state index contributed by atoms with van der Waals surface area (Å²) in [6.07, 6.45) is 6.44. The zero-order valence-electron chi connectivity index (χ0n) is 13.1. The van der Waals surface area contributed by atoms with E-state index in [-0.39, 0.29) is 23.0 Å². The third-order valence-corrected chi connectivity index (χ3v) is 5.95. The highest BCUT2D eigenvalue weighted by Gasteiger charge is 2.26. The molecule has 1 aromatic rings. The molecule has 1 aliphatic carbocycles. The Bertz CT molecular complexity index is 835. The van der Waals surface area contributed by atoms with Gasteiger partial charge < -0.3 is 15.4 Å². The lowest BCUT2D eigenvalue weighted by atomic mass is 9.86. The van der Waals surface area contributed by atoms with Gasteiger partial charge in [0.15, 0.2) is 9.84 Å². The fraction of sp³-hybridized carbons (Fsp3) is 0.500. The molecule has 1 amide bonds. The van der Waals surface area contributed by atoms with E-state index in [9.17, 15) is 23.1 Å². The topological polar surface area (TPSA) is 116 Å². The molecular weight excluding hydrogens is 332 g/mol. The van der Waals surface area contributed by atoms with Gasteiger partial charge in [0.1, 0.15) is 11.3 Å².